The Kier molecular flexibility index (Phi) is 7.36. The number of hydrogen-bond acceptors (Lipinski definition) is 8. The predicted octanol–water partition coefficient (Wildman–Crippen LogP) is 5.68. The van der Waals surface area contributed by atoms with Crippen molar-refractivity contribution >= 4 is 28.9 Å². The number of anilines is 2. The van der Waals surface area contributed by atoms with E-state index in [-0.39, 0.29) is 23.8 Å². The molecule has 1 unspecified atom stereocenters. The highest BCUT2D eigenvalue weighted by Crippen LogP contribution is 2.40. The Morgan fingerprint density at radius 1 is 1.20 bits per heavy atom. The molecule has 0 bridgehead atoms. The zero-order chi connectivity index (χ0) is 25.2. The number of halogens is 3. The predicted molar refractivity (Wildman–Crippen MR) is 125 cm³/mol. The van der Waals surface area contributed by atoms with Crippen molar-refractivity contribution in [2.45, 2.75) is 44.9 Å². The van der Waals surface area contributed by atoms with Gasteiger partial charge in [0, 0.05) is 18.1 Å². The summed E-state index contributed by atoms with van der Waals surface area (Å²) in [5, 5.41) is 14.3. The lowest BCUT2D eigenvalue weighted by Gasteiger charge is -2.29. The van der Waals surface area contributed by atoms with E-state index in [0.29, 0.717) is 36.4 Å². The second-order valence-corrected chi connectivity index (χ2v) is 9.68. The molecule has 1 aliphatic rings. The molecule has 2 heterocycles. The zero-order valence-corrected chi connectivity index (χ0v) is 20.0. The number of alkyl halides is 3. The number of ether oxygens (including phenoxy) is 1. The van der Waals surface area contributed by atoms with Crippen LogP contribution in [-0.2, 0) is 15.7 Å². The first-order valence-corrected chi connectivity index (χ1v) is 12.0. The first-order valence-electron chi connectivity index (χ1n) is 11.1. The van der Waals surface area contributed by atoms with Crippen molar-refractivity contribution in [2.24, 2.45) is 11.8 Å². The Morgan fingerprint density at radius 2 is 1.94 bits per heavy atom. The second kappa shape index (κ2) is 10.3. The highest BCUT2D eigenvalue weighted by molar-refractivity contribution is 7.15. The number of thiazole rings is 1. The summed E-state index contributed by atoms with van der Waals surface area (Å²) in [6, 6.07) is 6.31. The summed E-state index contributed by atoms with van der Waals surface area (Å²) in [5.41, 5.74) is 1.21. The van der Waals surface area contributed by atoms with E-state index >= 15 is 0 Å². The lowest BCUT2D eigenvalue weighted by atomic mass is 9.79. The molecule has 0 aliphatic heterocycles. The first-order chi connectivity index (χ1) is 16.6. The van der Waals surface area contributed by atoms with Gasteiger partial charge in [0.05, 0.1) is 17.9 Å². The van der Waals surface area contributed by atoms with Crippen LogP contribution < -0.4 is 5.32 Å². The van der Waals surface area contributed by atoms with Gasteiger partial charge in [-0.05, 0) is 67.9 Å². The molecule has 1 atom stereocenters. The summed E-state index contributed by atoms with van der Waals surface area (Å²) in [6.45, 7) is 1.87. The third-order valence-corrected chi connectivity index (χ3v) is 7.21. The largest absolute Gasteiger partial charge is 0.469 e. The maximum absolute atomic E-state index is 13.0. The molecular weight excluding hydrogens is 481 g/mol. The number of nitrogens with zero attached hydrogens (tertiary/aromatic N) is 3. The van der Waals surface area contributed by atoms with Gasteiger partial charge in [-0.25, -0.2) is 15.0 Å². The SMILES string of the molecule is COC(=O)C1CCC(C(O)c2ncc(-c3cc(C)cc(Nc4nccc(C(F)(F)F)n4)c3)s2)CC1. The number of methoxy groups -OCH3 is 1. The monoisotopic (exact) mass is 506 g/mol. The Hall–Kier alpha value is -3.05. The Bertz CT molecular complexity index is 1190. The summed E-state index contributed by atoms with van der Waals surface area (Å²) in [6.07, 6.45) is 0.237. The highest BCUT2D eigenvalue weighted by Gasteiger charge is 2.33. The third kappa shape index (κ3) is 5.96. The molecule has 1 fully saturated rings. The molecule has 0 amide bonds. The van der Waals surface area contributed by atoms with E-state index in [1.165, 1.54) is 18.4 Å². The van der Waals surface area contributed by atoms with E-state index in [4.69, 9.17) is 4.74 Å². The van der Waals surface area contributed by atoms with Gasteiger partial charge in [-0.1, -0.05) is 6.07 Å². The normalized spacial score (nSPS) is 19.3. The molecule has 1 aliphatic carbocycles. The minimum atomic E-state index is -4.56. The van der Waals surface area contributed by atoms with Crippen molar-refractivity contribution in [1.29, 1.82) is 0 Å². The van der Waals surface area contributed by atoms with Crippen LogP contribution in [0.3, 0.4) is 0 Å². The van der Waals surface area contributed by atoms with Gasteiger partial charge in [0.15, 0.2) is 0 Å². The summed E-state index contributed by atoms with van der Waals surface area (Å²) in [4.78, 5) is 24.4. The van der Waals surface area contributed by atoms with Crippen LogP contribution in [-0.4, -0.2) is 33.1 Å². The molecule has 4 rings (SSSR count). The highest BCUT2D eigenvalue weighted by atomic mass is 32.1. The number of aliphatic hydroxyl groups excluding tert-OH is 1. The van der Waals surface area contributed by atoms with E-state index < -0.39 is 18.0 Å². The van der Waals surface area contributed by atoms with Crippen molar-refractivity contribution < 1.29 is 27.8 Å². The van der Waals surface area contributed by atoms with E-state index in [2.05, 4.69) is 20.3 Å². The topological polar surface area (TPSA) is 97.2 Å². The van der Waals surface area contributed by atoms with Crippen LogP contribution in [0.5, 0.6) is 0 Å². The number of hydrogen-bond donors (Lipinski definition) is 2. The van der Waals surface area contributed by atoms with Gasteiger partial charge in [-0.2, -0.15) is 13.2 Å². The molecular formula is C24H25F3N4O3S. The molecule has 186 valence electrons. The van der Waals surface area contributed by atoms with Crippen molar-refractivity contribution in [3.05, 3.63) is 52.9 Å². The lowest BCUT2D eigenvalue weighted by molar-refractivity contribution is -0.147. The molecule has 1 aromatic carbocycles. The number of rotatable bonds is 6. The van der Waals surface area contributed by atoms with E-state index in [9.17, 15) is 23.1 Å². The van der Waals surface area contributed by atoms with Gasteiger partial charge in [-0.3, -0.25) is 4.79 Å². The van der Waals surface area contributed by atoms with Crippen LogP contribution in [0, 0.1) is 18.8 Å². The van der Waals surface area contributed by atoms with Crippen LogP contribution in [0.1, 0.15) is 48.1 Å². The fourth-order valence-electron chi connectivity index (χ4n) is 4.30. The molecule has 3 aromatic rings. The maximum atomic E-state index is 13.0. The summed E-state index contributed by atoms with van der Waals surface area (Å²) in [7, 11) is 1.39. The lowest BCUT2D eigenvalue weighted by Crippen LogP contribution is -2.25. The number of nitrogens with one attached hydrogen (secondary N) is 1. The van der Waals surface area contributed by atoms with Crippen molar-refractivity contribution in [1.82, 2.24) is 15.0 Å². The molecule has 2 aromatic heterocycles. The maximum Gasteiger partial charge on any atom is 0.433 e. The Labute approximate surface area is 204 Å². The summed E-state index contributed by atoms with van der Waals surface area (Å²) in [5.74, 6) is -0.453. The molecule has 0 saturated heterocycles. The number of aliphatic hydroxyl groups is 1. The summed E-state index contributed by atoms with van der Waals surface area (Å²) < 4.78 is 43.7. The molecule has 2 N–H and O–H groups in total. The van der Waals surface area contributed by atoms with Crippen LogP contribution in [0.25, 0.3) is 10.4 Å². The molecule has 35 heavy (non-hydrogen) atoms. The van der Waals surface area contributed by atoms with Gasteiger partial charge in [0.1, 0.15) is 16.8 Å². The van der Waals surface area contributed by atoms with Crippen molar-refractivity contribution in [2.75, 3.05) is 12.4 Å². The third-order valence-electron chi connectivity index (χ3n) is 6.09. The van der Waals surface area contributed by atoms with E-state index in [1.807, 2.05) is 13.0 Å². The standard InChI is InChI=1S/C24H25F3N4O3S/c1-13-9-16(11-17(10-13)30-23-28-8-7-19(31-23)24(25,26)27)18-12-29-21(35-18)20(32)14-3-5-15(6-4-14)22(33)34-2/h7-12,14-15,20,32H,3-6H2,1-2H3,(H,28,30,31). The minimum Gasteiger partial charge on any atom is -0.469 e. The molecule has 1 saturated carbocycles. The Balaban J connectivity index is 1.48. The molecule has 7 nitrogen and oxygen atoms in total. The van der Waals surface area contributed by atoms with Gasteiger partial charge in [0.25, 0.3) is 0 Å². The minimum absolute atomic E-state index is 0.0164. The van der Waals surface area contributed by atoms with Crippen molar-refractivity contribution in [3.8, 4) is 10.4 Å². The number of carbonyl (C=O) groups is 1. The van der Waals surface area contributed by atoms with Crippen molar-refractivity contribution in [3.63, 3.8) is 0 Å². The second-order valence-electron chi connectivity index (χ2n) is 8.62. The number of esters is 1. The van der Waals surface area contributed by atoms with E-state index in [1.54, 1.807) is 18.3 Å². The smallest absolute Gasteiger partial charge is 0.433 e. The average molecular weight is 507 g/mol. The number of benzene rings is 1. The Morgan fingerprint density at radius 3 is 2.63 bits per heavy atom. The zero-order valence-electron chi connectivity index (χ0n) is 19.2. The van der Waals surface area contributed by atoms with Gasteiger partial charge in [-0.15, -0.1) is 11.3 Å². The quantitative estimate of drug-likeness (QED) is 0.415. The number of aryl methyl sites for hydroxylation is 1. The molecule has 0 spiro atoms. The van der Waals surface area contributed by atoms with Crippen LogP contribution in [0.4, 0.5) is 24.8 Å². The van der Waals surface area contributed by atoms with Gasteiger partial charge >= 0.3 is 12.1 Å². The van der Waals surface area contributed by atoms with Crippen LogP contribution in [0.2, 0.25) is 0 Å². The van der Waals surface area contributed by atoms with Gasteiger partial charge in [0.2, 0.25) is 5.95 Å². The van der Waals surface area contributed by atoms with Crippen LogP contribution in [0.15, 0.2) is 36.7 Å². The summed E-state index contributed by atoms with van der Waals surface area (Å²) >= 11 is 1.37. The van der Waals surface area contributed by atoms with Crippen LogP contribution >= 0.6 is 11.3 Å². The van der Waals surface area contributed by atoms with E-state index in [0.717, 1.165) is 28.3 Å². The number of carbonyl (C=O) groups excluding carboxylic acids is 1. The molecule has 0 radical (unpaired) electrons. The number of aromatic nitrogens is 3. The average Bonchev–Trinajstić information content (AvgIpc) is 3.33. The first kappa shape index (κ1) is 25.1. The molecule has 11 heteroatoms. The fourth-order valence-corrected chi connectivity index (χ4v) is 5.29. The fraction of sp³-hybridized carbons (Fsp3) is 0.417. The van der Waals surface area contributed by atoms with Gasteiger partial charge < -0.3 is 15.2 Å².